The molecule has 3 rings (SSSR count). The fourth-order valence-corrected chi connectivity index (χ4v) is 2.13. The molecule has 3 aromatic rings. The Bertz CT molecular complexity index is 701. The molecule has 3 heteroatoms. The summed E-state index contributed by atoms with van der Waals surface area (Å²) in [5.41, 5.74) is 1.17. The van der Waals surface area contributed by atoms with Crippen molar-refractivity contribution in [3.8, 4) is 11.5 Å². The highest BCUT2D eigenvalue weighted by atomic mass is 16.5. The first-order valence-electron chi connectivity index (χ1n) is 7.35. The smallest absolute Gasteiger partial charge is 0.127 e. The molecule has 3 nitrogen and oxygen atoms in total. The fraction of sp³-hybridized carbons (Fsp3) is 0.105. The molecule has 110 valence electrons. The Labute approximate surface area is 130 Å². The minimum atomic E-state index is 0.849. The number of benzene rings is 2. The highest BCUT2D eigenvalue weighted by Crippen LogP contribution is 2.21. The first-order valence-corrected chi connectivity index (χ1v) is 7.35. The highest BCUT2D eigenvalue weighted by molar-refractivity contribution is 5.50. The average Bonchev–Trinajstić information content (AvgIpc) is 3.07. The summed E-state index contributed by atoms with van der Waals surface area (Å²) in [4.78, 5) is 4.03. The zero-order valence-corrected chi connectivity index (χ0v) is 12.3. The topological polar surface area (TPSA) is 27.1 Å². The van der Waals surface area contributed by atoms with Gasteiger partial charge in [0.05, 0.1) is 6.33 Å². The highest BCUT2D eigenvalue weighted by Gasteiger charge is 1.95. The molecule has 0 aliphatic carbocycles. The van der Waals surface area contributed by atoms with Crippen molar-refractivity contribution in [3.63, 3.8) is 0 Å². The predicted octanol–water partition coefficient (Wildman–Crippen LogP) is 4.78. The number of aromatic nitrogens is 2. The van der Waals surface area contributed by atoms with Gasteiger partial charge in [0, 0.05) is 18.9 Å². The van der Waals surface area contributed by atoms with Gasteiger partial charge in [-0.25, -0.2) is 4.98 Å². The van der Waals surface area contributed by atoms with Gasteiger partial charge in [0.2, 0.25) is 0 Å². The van der Waals surface area contributed by atoms with E-state index in [1.54, 1.807) is 6.20 Å². The monoisotopic (exact) mass is 290 g/mol. The third kappa shape index (κ3) is 4.09. The number of hydrogen-bond acceptors (Lipinski definition) is 2. The van der Waals surface area contributed by atoms with Crippen molar-refractivity contribution in [1.82, 2.24) is 9.55 Å². The Morgan fingerprint density at radius 3 is 2.45 bits per heavy atom. The molecule has 0 aliphatic rings. The number of rotatable bonds is 6. The lowest BCUT2D eigenvalue weighted by atomic mass is 10.2. The molecule has 0 saturated heterocycles. The molecule has 0 bridgehead atoms. The Balaban J connectivity index is 1.52. The van der Waals surface area contributed by atoms with Gasteiger partial charge in [-0.05, 0) is 36.2 Å². The van der Waals surface area contributed by atoms with Crippen LogP contribution in [0.5, 0.6) is 11.5 Å². The van der Waals surface area contributed by atoms with Crippen molar-refractivity contribution in [2.24, 2.45) is 0 Å². The number of nitrogens with zero attached hydrogens (tertiary/aromatic N) is 2. The van der Waals surface area contributed by atoms with Crippen molar-refractivity contribution in [2.45, 2.75) is 13.0 Å². The van der Waals surface area contributed by atoms with Crippen LogP contribution in [-0.2, 0) is 6.54 Å². The summed E-state index contributed by atoms with van der Waals surface area (Å²) in [6.07, 6.45) is 10.9. The molecule has 0 unspecified atom stereocenters. The summed E-state index contributed by atoms with van der Waals surface area (Å²) < 4.78 is 7.84. The molecule has 0 radical (unpaired) electrons. The maximum absolute atomic E-state index is 5.77. The maximum atomic E-state index is 5.77. The number of ether oxygens (including phenoxy) is 1. The third-order valence-corrected chi connectivity index (χ3v) is 3.28. The van der Waals surface area contributed by atoms with Crippen LogP contribution >= 0.6 is 0 Å². The second-order valence-electron chi connectivity index (χ2n) is 4.98. The van der Waals surface area contributed by atoms with Crippen LogP contribution in [0.15, 0.2) is 79.4 Å². The molecule has 0 amide bonds. The summed E-state index contributed by atoms with van der Waals surface area (Å²) in [6.45, 7) is 0.950. The lowest BCUT2D eigenvalue weighted by Gasteiger charge is -2.05. The Morgan fingerprint density at radius 1 is 0.955 bits per heavy atom. The van der Waals surface area contributed by atoms with E-state index in [1.165, 1.54) is 5.56 Å². The van der Waals surface area contributed by atoms with Crippen molar-refractivity contribution in [2.75, 3.05) is 0 Å². The second kappa shape index (κ2) is 7.27. The molecule has 1 aromatic heterocycles. The van der Waals surface area contributed by atoms with Gasteiger partial charge in [0.1, 0.15) is 11.5 Å². The zero-order chi connectivity index (χ0) is 15.0. The first-order chi connectivity index (χ1) is 10.9. The van der Waals surface area contributed by atoms with Crippen molar-refractivity contribution < 1.29 is 4.74 Å². The van der Waals surface area contributed by atoms with Gasteiger partial charge in [-0.3, -0.25) is 0 Å². The molecule has 2 aromatic carbocycles. The van der Waals surface area contributed by atoms with Crippen molar-refractivity contribution in [1.29, 1.82) is 0 Å². The normalized spacial score (nSPS) is 10.9. The van der Waals surface area contributed by atoms with E-state index in [0.717, 1.165) is 24.5 Å². The van der Waals surface area contributed by atoms with Crippen molar-refractivity contribution >= 4 is 6.08 Å². The first kappa shape index (κ1) is 14.1. The van der Waals surface area contributed by atoms with E-state index in [4.69, 9.17) is 4.74 Å². The molecule has 1 heterocycles. The number of imidazole rings is 1. The number of aryl methyl sites for hydroxylation is 1. The van der Waals surface area contributed by atoms with Gasteiger partial charge < -0.3 is 9.30 Å². The zero-order valence-electron chi connectivity index (χ0n) is 12.3. The van der Waals surface area contributed by atoms with Gasteiger partial charge in [0.15, 0.2) is 0 Å². The standard InChI is InChI=1S/C19H18N2O/c1-2-7-18(8-3-1)22-19-11-9-17(10-12-19)6-4-5-14-21-15-13-20-16-21/h1-4,6-13,15-16H,5,14H2. The number of para-hydroxylation sites is 1. The summed E-state index contributed by atoms with van der Waals surface area (Å²) in [7, 11) is 0. The molecule has 0 aliphatic heterocycles. The molecule has 0 fully saturated rings. The van der Waals surface area contributed by atoms with E-state index in [-0.39, 0.29) is 0 Å². The van der Waals surface area contributed by atoms with Crippen LogP contribution in [0.4, 0.5) is 0 Å². The van der Waals surface area contributed by atoms with Crippen LogP contribution < -0.4 is 4.74 Å². The number of allylic oxidation sites excluding steroid dienone is 1. The Kier molecular flexibility index (Phi) is 4.67. The average molecular weight is 290 g/mol. The molecule has 22 heavy (non-hydrogen) atoms. The fourth-order valence-electron chi connectivity index (χ4n) is 2.13. The van der Waals surface area contributed by atoms with E-state index < -0.39 is 0 Å². The SMILES string of the molecule is C(=Cc1ccc(Oc2ccccc2)cc1)CCn1ccnc1. The lowest BCUT2D eigenvalue weighted by Crippen LogP contribution is -1.91. The van der Waals surface area contributed by atoms with E-state index in [2.05, 4.69) is 33.8 Å². The summed E-state index contributed by atoms with van der Waals surface area (Å²) in [5, 5.41) is 0. The van der Waals surface area contributed by atoms with Crippen LogP contribution in [0.3, 0.4) is 0 Å². The number of hydrogen-bond donors (Lipinski definition) is 0. The summed E-state index contributed by atoms with van der Waals surface area (Å²) in [5.74, 6) is 1.70. The van der Waals surface area contributed by atoms with Crippen LogP contribution in [0.1, 0.15) is 12.0 Å². The van der Waals surface area contributed by atoms with E-state index >= 15 is 0 Å². The summed E-state index contributed by atoms with van der Waals surface area (Å²) in [6, 6.07) is 17.9. The molecular weight excluding hydrogens is 272 g/mol. The van der Waals surface area contributed by atoms with Crippen LogP contribution in [0.25, 0.3) is 6.08 Å². The molecular formula is C19H18N2O. The molecule has 0 atom stereocenters. The van der Waals surface area contributed by atoms with Gasteiger partial charge in [-0.1, -0.05) is 42.5 Å². The Hall–Kier alpha value is -2.81. The second-order valence-corrected chi connectivity index (χ2v) is 4.98. The molecule has 0 spiro atoms. The lowest BCUT2D eigenvalue weighted by molar-refractivity contribution is 0.482. The largest absolute Gasteiger partial charge is 0.457 e. The van der Waals surface area contributed by atoms with Crippen molar-refractivity contribution in [3.05, 3.63) is 85.0 Å². The summed E-state index contributed by atoms with van der Waals surface area (Å²) >= 11 is 0. The van der Waals surface area contributed by atoms with E-state index in [0.29, 0.717) is 0 Å². The Morgan fingerprint density at radius 2 is 1.73 bits per heavy atom. The van der Waals surface area contributed by atoms with Crippen LogP contribution in [-0.4, -0.2) is 9.55 Å². The minimum Gasteiger partial charge on any atom is -0.457 e. The van der Waals surface area contributed by atoms with Gasteiger partial charge in [-0.2, -0.15) is 0 Å². The molecule has 0 saturated carbocycles. The van der Waals surface area contributed by atoms with Gasteiger partial charge in [0.25, 0.3) is 0 Å². The van der Waals surface area contributed by atoms with Gasteiger partial charge >= 0.3 is 0 Å². The van der Waals surface area contributed by atoms with E-state index in [1.807, 2.05) is 55.0 Å². The third-order valence-electron chi connectivity index (χ3n) is 3.28. The maximum Gasteiger partial charge on any atom is 0.127 e. The van der Waals surface area contributed by atoms with Gasteiger partial charge in [-0.15, -0.1) is 0 Å². The van der Waals surface area contributed by atoms with E-state index in [9.17, 15) is 0 Å². The predicted molar refractivity (Wildman–Crippen MR) is 88.8 cm³/mol. The quantitative estimate of drug-likeness (QED) is 0.653. The molecule has 0 N–H and O–H groups in total. The van der Waals surface area contributed by atoms with Crippen LogP contribution in [0.2, 0.25) is 0 Å². The van der Waals surface area contributed by atoms with Crippen LogP contribution in [0, 0.1) is 0 Å². The minimum absolute atomic E-state index is 0.849.